The maximum atomic E-state index is 7.90. The fourth-order valence-corrected chi connectivity index (χ4v) is 1.19. The van der Waals surface area contributed by atoms with Gasteiger partial charge in [-0.1, -0.05) is 36.3 Å². The summed E-state index contributed by atoms with van der Waals surface area (Å²) in [5, 5.41) is 0.694. The number of rotatable bonds is 0. The molecule has 0 heteroatoms. The lowest BCUT2D eigenvalue weighted by Crippen LogP contribution is -1.80. The van der Waals surface area contributed by atoms with Crippen LogP contribution in [0.5, 0.6) is 0 Å². The van der Waals surface area contributed by atoms with Gasteiger partial charge in [0.05, 0.1) is 8.22 Å². The molecular weight excluding hydrogens is 144 g/mol. The van der Waals surface area contributed by atoms with Crippen molar-refractivity contribution in [2.45, 2.75) is 13.8 Å². The lowest BCUT2D eigenvalue weighted by Gasteiger charge is -2.03. The molecule has 0 aliphatic heterocycles. The third-order valence-corrected chi connectivity index (χ3v) is 1.88. The average molecular weight is 162 g/mol. The van der Waals surface area contributed by atoms with E-state index in [1.807, 2.05) is 0 Å². The van der Waals surface area contributed by atoms with E-state index in [1.165, 1.54) is 0 Å². The van der Waals surface area contributed by atoms with Crippen LogP contribution in [0.2, 0.25) is 0 Å². The molecule has 0 saturated carbocycles. The summed E-state index contributed by atoms with van der Waals surface area (Å²) in [6.07, 6.45) is 0. The van der Waals surface area contributed by atoms with Crippen molar-refractivity contribution in [1.82, 2.24) is 0 Å². The molecule has 2 aromatic carbocycles. The molecule has 2 aromatic rings. The van der Waals surface area contributed by atoms with Gasteiger partial charge >= 0.3 is 0 Å². The second-order valence-electron chi connectivity index (χ2n) is 2.75. The van der Waals surface area contributed by atoms with Crippen LogP contribution in [0.25, 0.3) is 10.8 Å². The molecule has 0 saturated heterocycles. The van der Waals surface area contributed by atoms with Gasteiger partial charge in [0, 0.05) is 0 Å². The summed E-state index contributed by atoms with van der Waals surface area (Å²) in [5.74, 6) is 0. The molecule has 12 heavy (non-hydrogen) atoms. The van der Waals surface area contributed by atoms with Crippen molar-refractivity contribution < 1.29 is 8.22 Å². The number of benzene rings is 2. The Bertz CT molecular complexity index is 562. The molecule has 0 aromatic heterocycles. The van der Waals surface area contributed by atoms with Gasteiger partial charge in [0.25, 0.3) is 0 Å². The van der Waals surface area contributed by atoms with Crippen molar-refractivity contribution >= 4 is 10.8 Å². The van der Waals surface area contributed by atoms with Crippen LogP contribution in [0, 0.1) is 13.8 Å². The van der Waals surface area contributed by atoms with Crippen molar-refractivity contribution in [2.75, 3.05) is 0 Å². The van der Waals surface area contributed by atoms with Gasteiger partial charge in [0.1, 0.15) is 0 Å². The van der Waals surface area contributed by atoms with Crippen LogP contribution in [0.3, 0.4) is 0 Å². The monoisotopic (exact) mass is 162 g/mol. The molecule has 0 atom stereocenters. The first-order valence-corrected chi connectivity index (χ1v) is 3.75. The highest BCUT2D eigenvalue weighted by Crippen LogP contribution is 2.20. The Labute approximate surface area is 81.3 Å². The molecule has 0 N–H and O–H groups in total. The fraction of sp³-hybridized carbons (Fsp3) is 0.167. The van der Waals surface area contributed by atoms with Crippen molar-refractivity contribution in [3.8, 4) is 0 Å². The molecule has 60 valence electrons. The third kappa shape index (κ3) is 1.00. The van der Waals surface area contributed by atoms with Gasteiger partial charge in [-0.3, -0.25) is 0 Å². The molecule has 0 heterocycles. The molecule has 2 rings (SSSR count). The zero-order valence-electron chi connectivity index (χ0n) is 13.0. The van der Waals surface area contributed by atoms with Gasteiger partial charge in [-0.05, 0) is 35.7 Å². The largest absolute Gasteiger partial charge is 0.0629 e. The molecule has 0 amide bonds. The van der Waals surface area contributed by atoms with Crippen LogP contribution in [0.4, 0.5) is 0 Å². The van der Waals surface area contributed by atoms with Crippen molar-refractivity contribution in [3.63, 3.8) is 0 Å². The topological polar surface area (TPSA) is 0 Å². The number of aryl methyl sites for hydroxylation is 2. The van der Waals surface area contributed by atoms with E-state index < -0.39 is 0 Å². The molecule has 0 fully saturated rings. The van der Waals surface area contributed by atoms with Crippen molar-refractivity contribution in [1.29, 1.82) is 0 Å². The minimum Gasteiger partial charge on any atom is -0.0616 e. The van der Waals surface area contributed by atoms with Crippen LogP contribution in [-0.4, -0.2) is 0 Å². The highest BCUT2D eigenvalue weighted by atomic mass is 14.0. The maximum Gasteiger partial charge on any atom is 0.0629 e. The summed E-state index contributed by atoms with van der Waals surface area (Å²) in [6, 6.07) is -0.838. The van der Waals surface area contributed by atoms with Crippen LogP contribution in [0.15, 0.2) is 36.3 Å². The van der Waals surface area contributed by atoms with Gasteiger partial charge in [-0.25, -0.2) is 0 Å². The first kappa shape index (κ1) is 3.21. The Balaban J connectivity index is 3.22. The Morgan fingerprint density at radius 3 is 1.67 bits per heavy atom. The quantitative estimate of drug-likeness (QED) is 0.556. The van der Waals surface area contributed by atoms with E-state index in [4.69, 9.17) is 8.22 Å². The standard InChI is InChI=1S/C12H12/c1-9-7-8-10(2)12-6-4-3-5-11(9)12/h3-8H,1-2H3/i3D,4D,5D,6D,7D,8D. The SMILES string of the molecule is [2H]c1c([2H])c([2H])c2c(C)c([2H])c([2H])c(C)c2c1[2H]. The average Bonchev–Trinajstić information content (AvgIpc) is 2.35. The number of hydrogen-bond acceptors (Lipinski definition) is 0. The van der Waals surface area contributed by atoms with Gasteiger partial charge in [0.15, 0.2) is 0 Å². The zero-order valence-corrected chi connectivity index (χ0v) is 7.00. The summed E-state index contributed by atoms with van der Waals surface area (Å²) in [5.41, 5.74) is 0.847. The van der Waals surface area contributed by atoms with E-state index in [2.05, 4.69) is 0 Å². The Morgan fingerprint density at radius 1 is 0.833 bits per heavy atom. The zero-order chi connectivity index (χ0) is 13.8. The Morgan fingerprint density at radius 2 is 1.25 bits per heavy atom. The lowest BCUT2D eigenvalue weighted by atomic mass is 10.0. The summed E-state index contributed by atoms with van der Waals surface area (Å²) in [6.45, 7) is 3.23. The van der Waals surface area contributed by atoms with Gasteiger partial charge in [0.2, 0.25) is 0 Å². The van der Waals surface area contributed by atoms with E-state index in [9.17, 15) is 0 Å². The second kappa shape index (κ2) is 2.63. The molecule has 0 unspecified atom stereocenters. The second-order valence-corrected chi connectivity index (χ2v) is 2.75. The number of fused-ring (bicyclic) bond motifs is 1. The van der Waals surface area contributed by atoms with E-state index in [1.54, 1.807) is 13.8 Å². The minimum atomic E-state index is -0.299. The molecule has 0 spiro atoms. The van der Waals surface area contributed by atoms with Crippen LogP contribution < -0.4 is 0 Å². The summed E-state index contributed by atoms with van der Waals surface area (Å²) >= 11 is 0. The van der Waals surface area contributed by atoms with Crippen molar-refractivity contribution in [3.05, 3.63) is 47.4 Å². The summed E-state index contributed by atoms with van der Waals surface area (Å²) in [7, 11) is 0. The van der Waals surface area contributed by atoms with Gasteiger partial charge in [-0.2, -0.15) is 0 Å². The van der Waals surface area contributed by atoms with Gasteiger partial charge < -0.3 is 0 Å². The number of hydrogen-bond donors (Lipinski definition) is 0. The van der Waals surface area contributed by atoms with E-state index in [0.717, 1.165) is 0 Å². The maximum absolute atomic E-state index is 7.90. The summed E-state index contributed by atoms with van der Waals surface area (Å²) < 4.78 is 46.7. The Kier molecular flexibility index (Phi) is 0.705. The fourth-order valence-electron chi connectivity index (χ4n) is 1.19. The first-order valence-electron chi connectivity index (χ1n) is 6.75. The lowest BCUT2D eigenvalue weighted by molar-refractivity contribution is 1.46. The minimum absolute atomic E-state index is 0.0185. The van der Waals surface area contributed by atoms with Crippen LogP contribution in [-0.2, 0) is 0 Å². The third-order valence-electron chi connectivity index (χ3n) is 1.88. The highest BCUT2D eigenvalue weighted by molar-refractivity contribution is 5.88. The van der Waals surface area contributed by atoms with Crippen LogP contribution >= 0.6 is 0 Å². The molecule has 0 aliphatic rings. The van der Waals surface area contributed by atoms with E-state index in [0.29, 0.717) is 21.9 Å². The van der Waals surface area contributed by atoms with E-state index in [-0.39, 0.29) is 36.3 Å². The predicted octanol–water partition coefficient (Wildman–Crippen LogP) is 3.46. The predicted molar refractivity (Wildman–Crippen MR) is 53.4 cm³/mol. The molecule has 0 radical (unpaired) electrons. The van der Waals surface area contributed by atoms with E-state index >= 15 is 0 Å². The molecular formula is C12H12. The van der Waals surface area contributed by atoms with Crippen LogP contribution in [0.1, 0.15) is 19.4 Å². The highest BCUT2D eigenvalue weighted by Gasteiger charge is 1.97. The van der Waals surface area contributed by atoms with Crippen molar-refractivity contribution in [2.24, 2.45) is 0 Å². The smallest absolute Gasteiger partial charge is 0.0616 e. The molecule has 0 aliphatic carbocycles. The van der Waals surface area contributed by atoms with Gasteiger partial charge in [-0.15, -0.1) is 0 Å². The molecule has 0 nitrogen and oxygen atoms in total. The Hall–Kier alpha value is -1.30. The normalized spacial score (nSPS) is 17.5. The molecule has 0 bridgehead atoms. The first-order chi connectivity index (χ1) is 8.29. The summed E-state index contributed by atoms with van der Waals surface area (Å²) in [4.78, 5) is 0.